The number of nitrogens with one attached hydrogen (secondary N) is 1. The lowest BCUT2D eigenvalue weighted by atomic mass is 10.1. The molecule has 3 heteroatoms. The number of hydrogen-bond donors (Lipinski definition) is 1. The van der Waals surface area contributed by atoms with Crippen LogP contribution in [0.15, 0.2) is 0 Å². The molecule has 0 radical (unpaired) electrons. The summed E-state index contributed by atoms with van der Waals surface area (Å²) in [7, 11) is 0. The Labute approximate surface area is 66.2 Å². The smallest absolute Gasteiger partial charge is 0.256 e. The maximum Gasteiger partial charge on any atom is 0.256 e. The number of halogens is 2. The van der Waals surface area contributed by atoms with Crippen LogP contribution in [0.25, 0.3) is 0 Å². The van der Waals surface area contributed by atoms with Gasteiger partial charge in [0, 0.05) is 5.54 Å². The van der Waals surface area contributed by atoms with Crippen molar-refractivity contribution in [3.8, 4) is 0 Å². The van der Waals surface area contributed by atoms with Crippen molar-refractivity contribution >= 4 is 0 Å². The van der Waals surface area contributed by atoms with Crippen molar-refractivity contribution in [2.24, 2.45) is 0 Å². The predicted octanol–water partition coefficient (Wildman–Crippen LogP) is 2.17. The van der Waals surface area contributed by atoms with Gasteiger partial charge in [-0.3, -0.25) is 0 Å². The van der Waals surface area contributed by atoms with Crippen LogP contribution in [-0.4, -0.2) is 17.5 Å². The molecule has 1 rings (SSSR count). The van der Waals surface area contributed by atoms with Gasteiger partial charge < -0.3 is 5.32 Å². The maximum absolute atomic E-state index is 12.3. The Balaban J connectivity index is 2.48. The van der Waals surface area contributed by atoms with Crippen LogP contribution in [-0.2, 0) is 0 Å². The largest absolute Gasteiger partial charge is 0.302 e. The average molecular weight is 163 g/mol. The Morgan fingerprint density at radius 2 is 1.73 bits per heavy atom. The van der Waals surface area contributed by atoms with Crippen molar-refractivity contribution < 1.29 is 8.78 Å². The molecule has 1 saturated carbocycles. The first-order valence-corrected chi connectivity index (χ1v) is 3.93. The minimum absolute atomic E-state index is 0.201. The van der Waals surface area contributed by atoms with E-state index < -0.39 is 12.0 Å². The van der Waals surface area contributed by atoms with E-state index in [9.17, 15) is 8.78 Å². The van der Waals surface area contributed by atoms with Gasteiger partial charge in [0.25, 0.3) is 6.43 Å². The third kappa shape index (κ3) is 2.12. The van der Waals surface area contributed by atoms with E-state index >= 15 is 0 Å². The van der Waals surface area contributed by atoms with Gasteiger partial charge in [0.15, 0.2) is 0 Å². The summed E-state index contributed by atoms with van der Waals surface area (Å²) in [5.41, 5.74) is -1.05. The Morgan fingerprint density at radius 1 is 1.27 bits per heavy atom. The molecule has 1 nitrogen and oxygen atoms in total. The molecule has 0 heterocycles. The van der Waals surface area contributed by atoms with Crippen LogP contribution >= 0.6 is 0 Å². The normalized spacial score (nSPS) is 22.4. The molecule has 0 aliphatic heterocycles. The van der Waals surface area contributed by atoms with Crippen molar-refractivity contribution in [1.29, 1.82) is 0 Å². The third-order valence-corrected chi connectivity index (χ3v) is 1.83. The van der Waals surface area contributed by atoms with Crippen LogP contribution in [0, 0.1) is 0 Å². The molecule has 0 aromatic heterocycles. The van der Waals surface area contributed by atoms with Gasteiger partial charge in [0.1, 0.15) is 0 Å². The summed E-state index contributed by atoms with van der Waals surface area (Å²) in [5, 5.41) is 2.96. The standard InChI is InChI=1S/C8H15F2N/c1-7(2,3)11-8(4-5-8)6(9)10/h6,11H,4-5H2,1-3H3. The highest BCUT2D eigenvalue weighted by molar-refractivity contribution is 5.06. The van der Waals surface area contributed by atoms with Crippen molar-refractivity contribution in [2.45, 2.75) is 51.1 Å². The summed E-state index contributed by atoms with van der Waals surface area (Å²) in [6.45, 7) is 5.74. The van der Waals surface area contributed by atoms with Crippen molar-refractivity contribution in [3.63, 3.8) is 0 Å². The van der Waals surface area contributed by atoms with E-state index in [1.54, 1.807) is 0 Å². The lowest BCUT2D eigenvalue weighted by molar-refractivity contribution is 0.0714. The van der Waals surface area contributed by atoms with Gasteiger partial charge in [-0.2, -0.15) is 0 Å². The molecule has 11 heavy (non-hydrogen) atoms. The summed E-state index contributed by atoms with van der Waals surface area (Å²) in [5.74, 6) is 0. The number of hydrogen-bond acceptors (Lipinski definition) is 1. The summed E-state index contributed by atoms with van der Waals surface area (Å²) >= 11 is 0. The van der Waals surface area contributed by atoms with Crippen LogP contribution in [0.1, 0.15) is 33.6 Å². The van der Waals surface area contributed by atoms with Crippen LogP contribution in [0.4, 0.5) is 8.78 Å². The van der Waals surface area contributed by atoms with E-state index in [0.29, 0.717) is 12.8 Å². The quantitative estimate of drug-likeness (QED) is 0.657. The molecule has 1 aliphatic carbocycles. The molecule has 0 aromatic rings. The summed E-state index contributed by atoms with van der Waals surface area (Å²) in [4.78, 5) is 0. The first kappa shape index (κ1) is 8.91. The first-order chi connectivity index (χ1) is 4.86. The Bertz CT molecular complexity index is 145. The molecule has 0 bridgehead atoms. The molecule has 0 aromatic carbocycles. The minimum atomic E-state index is -2.22. The number of rotatable bonds is 2. The second-order valence-electron chi connectivity index (χ2n) is 4.33. The third-order valence-electron chi connectivity index (χ3n) is 1.83. The van der Waals surface area contributed by atoms with E-state index in [1.165, 1.54) is 0 Å². The summed E-state index contributed by atoms with van der Waals surface area (Å²) < 4.78 is 24.7. The second-order valence-corrected chi connectivity index (χ2v) is 4.33. The molecule has 0 atom stereocenters. The fourth-order valence-electron chi connectivity index (χ4n) is 1.28. The van der Waals surface area contributed by atoms with Crippen molar-refractivity contribution in [1.82, 2.24) is 5.32 Å². The molecular formula is C8H15F2N. The van der Waals surface area contributed by atoms with Gasteiger partial charge in [-0.15, -0.1) is 0 Å². The zero-order chi connectivity index (χ0) is 8.70. The zero-order valence-electron chi connectivity index (χ0n) is 7.25. The SMILES string of the molecule is CC(C)(C)NC1(C(F)F)CC1. The van der Waals surface area contributed by atoms with Gasteiger partial charge in [0.2, 0.25) is 0 Å². The Kier molecular flexibility index (Phi) is 1.95. The molecular weight excluding hydrogens is 148 g/mol. The fourth-order valence-corrected chi connectivity index (χ4v) is 1.28. The van der Waals surface area contributed by atoms with Crippen LogP contribution < -0.4 is 5.32 Å². The Hall–Kier alpha value is -0.180. The predicted molar refractivity (Wildman–Crippen MR) is 40.9 cm³/mol. The van der Waals surface area contributed by atoms with Crippen molar-refractivity contribution in [3.05, 3.63) is 0 Å². The van der Waals surface area contributed by atoms with Crippen LogP contribution in [0.2, 0.25) is 0 Å². The highest BCUT2D eigenvalue weighted by Crippen LogP contribution is 2.42. The second kappa shape index (κ2) is 2.41. The van der Waals surface area contributed by atoms with E-state index in [4.69, 9.17) is 0 Å². The van der Waals surface area contributed by atoms with E-state index in [1.807, 2.05) is 20.8 Å². The monoisotopic (exact) mass is 163 g/mol. The molecule has 1 fully saturated rings. The van der Waals surface area contributed by atoms with Crippen LogP contribution in [0.3, 0.4) is 0 Å². The first-order valence-electron chi connectivity index (χ1n) is 3.93. The molecule has 1 N–H and O–H groups in total. The minimum Gasteiger partial charge on any atom is -0.302 e. The molecule has 1 aliphatic rings. The topological polar surface area (TPSA) is 12.0 Å². The maximum atomic E-state index is 12.3. The zero-order valence-corrected chi connectivity index (χ0v) is 7.25. The van der Waals surface area contributed by atoms with Gasteiger partial charge in [-0.1, -0.05) is 0 Å². The lowest BCUT2D eigenvalue weighted by Crippen LogP contribution is -2.49. The van der Waals surface area contributed by atoms with E-state index in [0.717, 1.165) is 0 Å². The van der Waals surface area contributed by atoms with Crippen molar-refractivity contribution in [2.75, 3.05) is 0 Å². The lowest BCUT2D eigenvalue weighted by Gasteiger charge is -2.27. The van der Waals surface area contributed by atoms with Crippen LogP contribution in [0.5, 0.6) is 0 Å². The molecule has 0 unspecified atom stereocenters. The van der Waals surface area contributed by atoms with E-state index in [-0.39, 0.29) is 5.54 Å². The average Bonchev–Trinajstić information content (AvgIpc) is 2.43. The summed E-state index contributed by atoms with van der Waals surface area (Å²) in [6.07, 6.45) is -0.995. The highest BCUT2D eigenvalue weighted by Gasteiger charge is 2.52. The highest BCUT2D eigenvalue weighted by atomic mass is 19.3. The Morgan fingerprint density at radius 3 is 1.82 bits per heavy atom. The molecule has 0 spiro atoms. The van der Waals surface area contributed by atoms with Gasteiger partial charge in [-0.25, -0.2) is 8.78 Å². The summed E-state index contributed by atoms with van der Waals surface area (Å²) in [6, 6.07) is 0. The van der Waals surface area contributed by atoms with Gasteiger partial charge >= 0.3 is 0 Å². The molecule has 0 amide bonds. The van der Waals surface area contributed by atoms with Gasteiger partial charge in [0.05, 0.1) is 5.54 Å². The van der Waals surface area contributed by atoms with E-state index in [2.05, 4.69) is 5.32 Å². The fraction of sp³-hybridized carbons (Fsp3) is 1.00. The molecule has 0 saturated heterocycles. The van der Waals surface area contributed by atoms with Gasteiger partial charge in [-0.05, 0) is 33.6 Å². The molecule has 66 valence electrons. The number of alkyl halides is 2.